The molecular formula is C34H30N4O3S. The molecule has 0 bridgehead atoms. The van der Waals surface area contributed by atoms with E-state index in [2.05, 4.69) is 41.9 Å². The van der Waals surface area contributed by atoms with E-state index >= 15 is 0 Å². The third-order valence-electron chi connectivity index (χ3n) is 7.50. The topological polar surface area (TPSA) is 77.6 Å². The second-order valence-corrected chi connectivity index (χ2v) is 11.2. The zero-order valence-electron chi connectivity index (χ0n) is 23.8. The number of hydrogen-bond donors (Lipinski definition) is 1. The average molecular weight is 575 g/mol. The first-order valence-corrected chi connectivity index (χ1v) is 14.4. The van der Waals surface area contributed by atoms with Crippen molar-refractivity contribution >= 4 is 29.0 Å². The summed E-state index contributed by atoms with van der Waals surface area (Å²) in [5.41, 5.74) is 6.39. The highest BCUT2D eigenvalue weighted by Crippen LogP contribution is 2.32. The summed E-state index contributed by atoms with van der Waals surface area (Å²) in [5.74, 6) is 0.389. The van der Waals surface area contributed by atoms with Crippen molar-refractivity contribution in [3.05, 3.63) is 144 Å². The van der Waals surface area contributed by atoms with Crippen molar-refractivity contribution in [2.24, 2.45) is 4.99 Å². The summed E-state index contributed by atoms with van der Waals surface area (Å²) in [6.07, 6.45) is 1.93. The fourth-order valence-corrected chi connectivity index (χ4v) is 6.52. The smallest absolute Gasteiger partial charge is 0.271 e. The van der Waals surface area contributed by atoms with Crippen molar-refractivity contribution in [3.63, 3.8) is 0 Å². The quantitative estimate of drug-likeness (QED) is 0.299. The van der Waals surface area contributed by atoms with Gasteiger partial charge in [-0.3, -0.25) is 14.2 Å². The summed E-state index contributed by atoms with van der Waals surface area (Å²) >= 11 is 1.33. The zero-order chi connectivity index (χ0) is 29.4. The Morgan fingerprint density at radius 2 is 1.62 bits per heavy atom. The zero-order valence-corrected chi connectivity index (χ0v) is 24.6. The summed E-state index contributed by atoms with van der Waals surface area (Å²) < 4.78 is 9.74. The van der Waals surface area contributed by atoms with Gasteiger partial charge in [0.15, 0.2) is 4.80 Å². The second-order valence-electron chi connectivity index (χ2n) is 10.2. The van der Waals surface area contributed by atoms with Crippen LogP contribution in [-0.2, 0) is 4.79 Å². The molecule has 0 saturated heterocycles. The molecule has 3 heterocycles. The van der Waals surface area contributed by atoms with Crippen molar-refractivity contribution in [1.82, 2.24) is 9.13 Å². The van der Waals surface area contributed by atoms with Crippen molar-refractivity contribution in [2.45, 2.75) is 26.8 Å². The number of nitrogens with zero attached hydrogens (tertiary/aromatic N) is 3. The Labute approximate surface area is 247 Å². The molecule has 1 aliphatic rings. The van der Waals surface area contributed by atoms with Crippen LogP contribution < -0.4 is 24.9 Å². The van der Waals surface area contributed by atoms with E-state index in [4.69, 9.17) is 9.73 Å². The maximum atomic E-state index is 14.1. The van der Waals surface area contributed by atoms with E-state index in [1.54, 1.807) is 11.7 Å². The van der Waals surface area contributed by atoms with E-state index in [-0.39, 0.29) is 11.5 Å². The standard InChI is InChI=1S/C34H30N4O3S/c1-21-19-25(23(3)37(21)27-13-9-6-10-14-27)20-29-33(40)38-31(24-15-17-28(41-4)18-16-24)30(22(2)35-34(38)42-29)32(39)36-26-11-7-5-8-12-26/h5-20,31H,1-4H3,(H,36,39)/b29-20+/t31-/m0/s1. The first kappa shape index (κ1) is 27.2. The van der Waals surface area contributed by atoms with Gasteiger partial charge in [0.05, 0.1) is 29.0 Å². The lowest BCUT2D eigenvalue weighted by Crippen LogP contribution is -2.40. The third-order valence-corrected chi connectivity index (χ3v) is 8.48. The Morgan fingerprint density at radius 3 is 2.29 bits per heavy atom. The summed E-state index contributed by atoms with van der Waals surface area (Å²) in [7, 11) is 1.61. The first-order chi connectivity index (χ1) is 20.4. The third kappa shape index (κ3) is 4.90. The van der Waals surface area contributed by atoms with Crippen LogP contribution in [0.1, 0.15) is 35.5 Å². The summed E-state index contributed by atoms with van der Waals surface area (Å²) in [4.78, 5) is 33.2. The molecule has 210 valence electrons. The fraction of sp³-hybridized carbons (Fsp3) is 0.147. The fourth-order valence-electron chi connectivity index (χ4n) is 5.48. The number of fused-ring (bicyclic) bond motifs is 1. The molecule has 42 heavy (non-hydrogen) atoms. The normalized spacial score (nSPS) is 14.9. The number of thiazole rings is 1. The molecule has 3 aromatic carbocycles. The number of anilines is 1. The number of benzene rings is 3. The molecule has 0 spiro atoms. The van der Waals surface area contributed by atoms with Crippen LogP contribution in [0.5, 0.6) is 5.75 Å². The molecule has 0 fully saturated rings. The van der Waals surface area contributed by atoms with Gasteiger partial charge >= 0.3 is 0 Å². The molecule has 1 aliphatic heterocycles. The van der Waals surface area contributed by atoms with Gasteiger partial charge in [-0.2, -0.15) is 0 Å². The molecule has 7 nitrogen and oxygen atoms in total. The number of hydrogen-bond acceptors (Lipinski definition) is 5. The molecule has 6 rings (SSSR count). The van der Waals surface area contributed by atoms with E-state index in [1.165, 1.54) is 11.3 Å². The highest BCUT2D eigenvalue weighted by atomic mass is 32.1. The summed E-state index contributed by atoms with van der Waals surface area (Å²) in [6, 6.07) is 28.3. The van der Waals surface area contributed by atoms with Gasteiger partial charge in [0.1, 0.15) is 5.75 Å². The van der Waals surface area contributed by atoms with Crippen LogP contribution in [0, 0.1) is 13.8 Å². The van der Waals surface area contributed by atoms with Gasteiger partial charge in [-0.25, -0.2) is 4.99 Å². The lowest BCUT2D eigenvalue weighted by Gasteiger charge is -2.25. The largest absolute Gasteiger partial charge is 0.497 e. The molecule has 1 atom stereocenters. The number of carbonyl (C=O) groups excluding carboxylic acids is 1. The van der Waals surface area contributed by atoms with E-state index in [0.29, 0.717) is 32.0 Å². The molecule has 0 radical (unpaired) electrons. The number of nitrogens with one attached hydrogen (secondary N) is 1. The summed E-state index contributed by atoms with van der Waals surface area (Å²) in [5, 5.41) is 2.99. The lowest BCUT2D eigenvalue weighted by molar-refractivity contribution is -0.113. The molecule has 0 aliphatic carbocycles. The Hall–Kier alpha value is -4.95. The highest BCUT2D eigenvalue weighted by molar-refractivity contribution is 7.07. The van der Waals surface area contributed by atoms with Crippen molar-refractivity contribution < 1.29 is 9.53 Å². The highest BCUT2D eigenvalue weighted by Gasteiger charge is 2.32. The van der Waals surface area contributed by atoms with Gasteiger partial charge in [0.25, 0.3) is 11.5 Å². The van der Waals surface area contributed by atoms with Gasteiger partial charge in [-0.05, 0) is 80.4 Å². The van der Waals surface area contributed by atoms with Gasteiger partial charge in [-0.15, -0.1) is 0 Å². The molecule has 5 aromatic rings. The Kier molecular flexibility index (Phi) is 7.22. The molecular weight excluding hydrogens is 544 g/mol. The minimum Gasteiger partial charge on any atom is -0.497 e. The number of para-hydroxylation sites is 2. The first-order valence-electron chi connectivity index (χ1n) is 13.6. The number of aryl methyl sites for hydroxylation is 1. The van der Waals surface area contributed by atoms with Crippen LogP contribution in [0.15, 0.2) is 112 Å². The number of rotatable bonds is 6. The Balaban J connectivity index is 1.49. The Bertz CT molecular complexity index is 2000. The maximum Gasteiger partial charge on any atom is 0.271 e. The molecule has 8 heteroatoms. The van der Waals surface area contributed by atoms with Crippen molar-refractivity contribution in [1.29, 1.82) is 0 Å². The number of aromatic nitrogens is 2. The van der Waals surface area contributed by atoms with Crippen LogP contribution in [0.4, 0.5) is 5.69 Å². The van der Waals surface area contributed by atoms with Gasteiger partial charge in [0, 0.05) is 22.8 Å². The van der Waals surface area contributed by atoms with Crippen molar-refractivity contribution in [2.75, 3.05) is 12.4 Å². The van der Waals surface area contributed by atoms with Gasteiger partial charge in [-0.1, -0.05) is 59.9 Å². The Morgan fingerprint density at radius 1 is 0.952 bits per heavy atom. The number of carbonyl (C=O) groups is 1. The predicted octanol–water partition coefficient (Wildman–Crippen LogP) is 5.29. The maximum absolute atomic E-state index is 14.1. The number of amides is 1. The van der Waals surface area contributed by atoms with Crippen LogP contribution in [-0.4, -0.2) is 22.2 Å². The van der Waals surface area contributed by atoms with Gasteiger partial charge < -0.3 is 14.6 Å². The monoisotopic (exact) mass is 574 g/mol. The lowest BCUT2D eigenvalue weighted by atomic mass is 9.95. The second kappa shape index (κ2) is 11.1. The van der Waals surface area contributed by atoms with E-state index in [1.807, 2.05) is 85.8 Å². The minimum atomic E-state index is -0.658. The summed E-state index contributed by atoms with van der Waals surface area (Å²) in [6.45, 7) is 5.93. The van der Waals surface area contributed by atoms with Crippen LogP contribution in [0.2, 0.25) is 0 Å². The number of methoxy groups -OCH3 is 1. The molecule has 1 amide bonds. The molecule has 0 saturated carbocycles. The van der Waals surface area contributed by atoms with Gasteiger partial charge in [0.2, 0.25) is 0 Å². The number of ether oxygens (including phenoxy) is 1. The molecule has 2 aromatic heterocycles. The van der Waals surface area contributed by atoms with Crippen LogP contribution in [0.25, 0.3) is 11.8 Å². The van der Waals surface area contributed by atoms with E-state index in [0.717, 1.165) is 28.2 Å². The number of allylic oxidation sites excluding steroid dienone is 1. The minimum absolute atomic E-state index is 0.193. The molecule has 0 unspecified atom stereocenters. The average Bonchev–Trinajstić information content (AvgIpc) is 3.46. The van der Waals surface area contributed by atoms with Crippen LogP contribution in [0.3, 0.4) is 0 Å². The SMILES string of the molecule is COc1ccc([C@H]2C(C(=O)Nc3ccccc3)=C(C)N=c3s/c(=C/c4cc(C)n(-c5ccccc5)c4C)c(=O)n32)cc1. The molecule has 1 N–H and O–H groups in total. The predicted molar refractivity (Wildman–Crippen MR) is 167 cm³/mol. The van der Waals surface area contributed by atoms with E-state index in [9.17, 15) is 9.59 Å². The van der Waals surface area contributed by atoms with E-state index < -0.39 is 6.04 Å². The van der Waals surface area contributed by atoms with Crippen LogP contribution >= 0.6 is 11.3 Å². The van der Waals surface area contributed by atoms with Crippen molar-refractivity contribution in [3.8, 4) is 11.4 Å².